The number of aryl methyl sites for hydroxylation is 1. The number of carbonyl (C=O) groups excluding carboxylic acids is 1. The summed E-state index contributed by atoms with van der Waals surface area (Å²) in [5, 5.41) is 16.8. The van der Waals surface area contributed by atoms with Crippen LogP contribution in [0.5, 0.6) is 11.5 Å². The predicted octanol–water partition coefficient (Wildman–Crippen LogP) is 6.64. The quantitative estimate of drug-likeness (QED) is 0.262. The van der Waals surface area contributed by atoms with Gasteiger partial charge in [-0.2, -0.15) is 18.3 Å². The fourth-order valence-electron chi connectivity index (χ4n) is 4.17. The van der Waals surface area contributed by atoms with Crippen LogP contribution in [0, 0.1) is 6.92 Å². The number of hydrogen-bond acceptors (Lipinski definition) is 6. The summed E-state index contributed by atoms with van der Waals surface area (Å²) in [7, 11) is 0. The third-order valence-corrected chi connectivity index (χ3v) is 7.24. The summed E-state index contributed by atoms with van der Waals surface area (Å²) in [4.78, 5) is 28.9. The smallest absolute Gasteiger partial charge is 0.435 e. The summed E-state index contributed by atoms with van der Waals surface area (Å²) in [5.41, 5.74) is -0.733. The Morgan fingerprint density at radius 2 is 1.63 bits per heavy atom. The van der Waals surface area contributed by atoms with E-state index in [0.717, 1.165) is 27.3 Å². The second kappa shape index (κ2) is 13.3. The van der Waals surface area contributed by atoms with Gasteiger partial charge in [-0.1, -0.05) is 36.4 Å². The Morgan fingerprint density at radius 3 is 2.15 bits per heavy atom. The molecule has 9 nitrogen and oxygen atoms in total. The van der Waals surface area contributed by atoms with Crippen molar-refractivity contribution in [3.63, 3.8) is 0 Å². The SMILES string of the molecule is Cc1cc(C(F)(F)F)nn1CC(=O)N1CCC(c2nc(NC(=O)O)cs2)CC1.c1ccc(Oc2ccccc2)cc1. The molecule has 0 radical (unpaired) electrons. The summed E-state index contributed by atoms with van der Waals surface area (Å²) >= 11 is 1.36. The first-order valence-corrected chi connectivity index (χ1v) is 13.6. The monoisotopic (exact) mass is 587 g/mol. The lowest BCUT2D eigenvalue weighted by Gasteiger charge is -2.31. The summed E-state index contributed by atoms with van der Waals surface area (Å²) in [6.45, 7) is 2.15. The summed E-state index contributed by atoms with van der Waals surface area (Å²) in [5.74, 6) is 1.84. The van der Waals surface area contributed by atoms with Crippen LogP contribution >= 0.6 is 11.3 Å². The molecule has 216 valence electrons. The number of amides is 2. The molecule has 2 aromatic carbocycles. The van der Waals surface area contributed by atoms with Gasteiger partial charge in [-0.15, -0.1) is 11.3 Å². The van der Waals surface area contributed by atoms with Crippen molar-refractivity contribution in [1.82, 2.24) is 19.7 Å². The Bertz CT molecular complexity index is 1400. The normalized spacial score (nSPS) is 13.7. The number of benzene rings is 2. The summed E-state index contributed by atoms with van der Waals surface area (Å²) in [6, 6.07) is 20.4. The topological polar surface area (TPSA) is 110 Å². The average molecular weight is 588 g/mol. The number of anilines is 1. The van der Waals surface area contributed by atoms with Gasteiger partial charge in [-0.05, 0) is 50.1 Å². The molecule has 0 atom stereocenters. The second-order valence-electron chi connectivity index (χ2n) is 9.21. The van der Waals surface area contributed by atoms with Crippen LogP contribution in [-0.4, -0.2) is 49.9 Å². The number of nitrogens with zero attached hydrogens (tertiary/aromatic N) is 4. The standard InChI is InChI=1S/C16H18F3N5O3S.C12H10O/c1-9-6-11(16(17,18)19)22-24(9)7-13(25)23-4-2-10(3-5-23)14-20-12(8-28-14)21-15(26)27;1-3-7-11(8-4-1)13-12-9-5-2-6-10-12/h6,8,10,21H,2-5,7H2,1H3,(H,26,27);1-10H. The number of nitrogens with one attached hydrogen (secondary N) is 1. The van der Waals surface area contributed by atoms with Crippen LogP contribution < -0.4 is 10.1 Å². The molecule has 0 unspecified atom stereocenters. The first-order valence-electron chi connectivity index (χ1n) is 12.7. The number of thiazole rings is 1. The van der Waals surface area contributed by atoms with Crippen molar-refractivity contribution in [2.75, 3.05) is 18.4 Å². The Hall–Kier alpha value is -4.39. The minimum Gasteiger partial charge on any atom is -0.465 e. The third kappa shape index (κ3) is 8.55. The Labute approximate surface area is 238 Å². The van der Waals surface area contributed by atoms with Crippen molar-refractivity contribution in [3.8, 4) is 11.5 Å². The molecule has 1 fully saturated rings. The number of halogens is 3. The number of piperidine rings is 1. The summed E-state index contributed by atoms with van der Waals surface area (Å²) in [6.07, 6.45) is -4.42. The van der Waals surface area contributed by atoms with Gasteiger partial charge in [0.1, 0.15) is 23.9 Å². The van der Waals surface area contributed by atoms with Gasteiger partial charge in [-0.3, -0.25) is 14.8 Å². The van der Waals surface area contributed by atoms with E-state index in [1.54, 1.807) is 10.3 Å². The summed E-state index contributed by atoms with van der Waals surface area (Å²) < 4.78 is 44.9. The van der Waals surface area contributed by atoms with E-state index >= 15 is 0 Å². The largest absolute Gasteiger partial charge is 0.465 e. The van der Waals surface area contributed by atoms with Crippen LogP contribution in [0.15, 0.2) is 72.1 Å². The maximum Gasteiger partial charge on any atom is 0.435 e. The van der Waals surface area contributed by atoms with E-state index in [4.69, 9.17) is 9.84 Å². The van der Waals surface area contributed by atoms with Crippen molar-refractivity contribution in [2.24, 2.45) is 0 Å². The number of likely N-dealkylation sites (tertiary alicyclic amines) is 1. The van der Waals surface area contributed by atoms with Crippen LogP contribution in [0.3, 0.4) is 0 Å². The molecule has 1 aliphatic rings. The molecule has 0 spiro atoms. The first kappa shape index (κ1) is 29.6. The molecule has 1 aliphatic heterocycles. The molecule has 5 rings (SSSR count). The lowest BCUT2D eigenvalue weighted by Crippen LogP contribution is -2.40. The maximum absolute atomic E-state index is 12.7. The highest BCUT2D eigenvalue weighted by atomic mass is 32.1. The van der Waals surface area contributed by atoms with Gasteiger partial charge in [-0.25, -0.2) is 9.78 Å². The van der Waals surface area contributed by atoms with Gasteiger partial charge < -0.3 is 14.7 Å². The highest BCUT2D eigenvalue weighted by Gasteiger charge is 2.35. The van der Waals surface area contributed by atoms with E-state index < -0.39 is 18.0 Å². The zero-order valence-corrected chi connectivity index (χ0v) is 22.9. The molecular formula is C28H28F3N5O4S. The van der Waals surface area contributed by atoms with Crippen molar-refractivity contribution in [3.05, 3.63) is 88.5 Å². The van der Waals surface area contributed by atoms with Gasteiger partial charge in [0.25, 0.3) is 0 Å². The molecule has 1 saturated heterocycles. The molecule has 13 heteroatoms. The molecule has 0 saturated carbocycles. The number of alkyl halides is 3. The van der Waals surface area contributed by atoms with Gasteiger partial charge in [0.15, 0.2) is 5.69 Å². The zero-order chi connectivity index (χ0) is 29.4. The van der Waals surface area contributed by atoms with Gasteiger partial charge in [0, 0.05) is 30.1 Å². The van der Waals surface area contributed by atoms with Gasteiger partial charge in [0.05, 0.1) is 5.01 Å². The molecule has 3 heterocycles. The van der Waals surface area contributed by atoms with E-state index in [1.807, 2.05) is 60.7 Å². The number of rotatable bonds is 6. The van der Waals surface area contributed by atoms with Crippen molar-refractivity contribution < 1.29 is 32.6 Å². The number of para-hydroxylation sites is 2. The predicted molar refractivity (Wildman–Crippen MR) is 147 cm³/mol. The molecule has 2 aromatic heterocycles. The Morgan fingerprint density at radius 1 is 1.05 bits per heavy atom. The van der Waals surface area contributed by atoms with Crippen LogP contribution in [0.25, 0.3) is 0 Å². The highest BCUT2D eigenvalue weighted by Crippen LogP contribution is 2.32. The van der Waals surface area contributed by atoms with Crippen LogP contribution in [0.2, 0.25) is 0 Å². The number of aromatic nitrogens is 3. The van der Waals surface area contributed by atoms with Crippen molar-refractivity contribution in [1.29, 1.82) is 0 Å². The number of carbonyl (C=O) groups is 2. The average Bonchev–Trinajstić information content (AvgIpc) is 3.56. The molecule has 4 aromatic rings. The number of hydrogen-bond donors (Lipinski definition) is 2. The van der Waals surface area contributed by atoms with E-state index in [-0.39, 0.29) is 29.9 Å². The second-order valence-corrected chi connectivity index (χ2v) is 10.1. The van der Waals surface area contributed by atoms with E-state index in [1.165, 1.54) is 18.3 Å². The van der Waals surface area contributed by atoms with Crippen LogP contribution in [0.4, 0.5) is 23.8 Å². The van der Waals surface area contributed by atoms with E-state index in [9.17, 15) is 22.8 Å². The lowest BCUT2D eigenvalue weighted by molar-refractivity contribution is -0.142. The zero-order valence-electron chi connectivity index (χ0n) is 22.0. The third-order valence-electron chi connectivity index (χ3n) is 6.23. The molecule has 0 aliphatic carbocycles. The van der Waals surface area contributed by atoms with E-state index in [0.29, 0.717) is 25.9 Å². The lowest BCUT2D eigenvalue weighted by atomic mass is 9.97. The van der Waals surface area contributed by atoms with Gasteiger partial charge >= 0.3 is 12.3 Å². The molecular weight excluding hydrogens is 559 g/mol. The Balaban J connectivity index is 0.000000247. The molecule has 41 heavy (non-hydrogen) atoms. The van der Waals surface area contributed by atoms with Crippen molar-refractivity contribution >= 4 is 29.2 Å². The Kier molecular flexibility index (Phi) is 9.61. The molecule has 0 bridgehead atoms. The number of carboxylic acid groups (broad SMARTS) is 1. The fourth-order valence-corrected chi connectivity index (χ4v) is 5.09. The first-order chi connectivity index (χ1) is 19.6. The minimum absolute atomic E-state index is 0.113. The number of ether oxygens (including phenoxy) is 1. The van der Waals surface area contributed by atoms with Crippen LogP contribution in [0.1, 0.15) is 35.2 Å². The minimum atomic E-state index is -4.54. The van der Waals surface area contributed by atoms with E-state index in [2.05, 4.69) is 15.4 Å². The molecule has 2 N–H and O–H groups in total. The molecule has 2 amide bonds. The van der Waals surface area contributed by atoms with Gasteiger partial charge in [0.2, 0.25) is 5.91 Å². The highest BCUT2D eigenvalue weighted by molar-refractivity contribution is 7.10. The van der Waals surface area contributed by atoms with Crippen molar-refractivity contribution in [2.45, 2.75) is 38.4 Å². The fraction of sp³-hybridized carbons (Fsp3) is 0.286. The van der Waals surface area contributed by atoms with Crippen LogP contribution in [-0.2, 0) is 17.5 Å². The maximum atomic E-state index is 12.7.